The number of hydrogen-bond acceptors (Lipinski definition) is 6. The van der Waals surface area contributed by atoms with Gasteiger partial charge in [0, 0.05) is 17.8 Å². The van der Waals surface area contributed by atoms with Gasteiger partial charge in [-0.05, 0) is 18.6 Å². The Hall–Kier alpha value is -2.81. The smallest absolute Gasteiger partial charge is 0.326 e. The number of hydrogen-bond donors (Lipinski definition) is 3. The van der Waals surface area contributed by atoms with Crippen molar-refractivity contribution in [2.45, 2.75) is 19.4 Å². The Balaban J connectivity index is 2.01. The maximum absolute atomic E-state index is 11.9. The molecule has 0 saturated carbocycles. The van der Waals surface area contributed by atoms with Crippen molar-refractivity contribution in [2.24, 2.45) is 0 Å². The number of carbonyl (C=O) groups is 3. The number of nitrogens with one attached hydrogen (secondary N) is 2. The number of nitrogens with zero attached hydrogens (tertiary/aromatic N) is 2. The third-order valence-electron chi connectivity index (χ3n) is 2.89. The lowest BCUT2D eigenvalue weighted by Crippen LogP contribution is -2.40. The van der Waals surface area contributed by atoms with Crippen LogP contribution in [0.25, 0.3) is 0 Å². The van der Waals surface area contributed by atoms with E-state index in [-0.39, 0.29) is 17.2 Å². The predicted octanol–water partition coefficient (Wildman–Crippen LogP) is 1.38. The van der Waals surface area contributed by atoms with Gasteiger partial charge in [0.15, 0.2) is 5.13 Å². The molecule has 2 aromatic rings. The van der Waals surface area contributed by atoms with E-state index in [1.807, 2.05) is 0 Å². The molecule has 1 atom stereocenters. The third-order valence-corrected chi connectivity index (χ3v) is 3.65. The van der Waals surface area contributed by atoms with Crippen LogP contribution in [0.15, 0.2) is 29.9 Å². The van der Waals surface area contributed by atoms with Crippen molar-refractivity contribution in [1.82, 2.24) is 15.3 Å². The number of amides is 2. The Kier molecular flexibility index (Phi) is 5.36. The molecule has 0 saturated heterocycles. The molecule has 8 nitrogen and oxygen atoms in total. The normalized spacial score (nSPS) is 11.5. The molecule has 3 N–H and O–H groups in total. The quantitative estimate of drug-likeness (QED) is 0.734. The minimum absolute atomic E-state index is 0.0520. The van der Waals surface area contributed by atoms with Crippen LogP contribution in [0.4, 0.5) is 5.13 Å². The number of pyridine rings is 1. The van der Waals surface area contributed by atoms with Gasteiger partial charge < -0.3 is 10.4 Å². The molecule has 1 unspecified atom stereocenters. The van der Waals surface area contributed by atoms with Crippen LogP contribution < -0.4 is 10.6 Å². The fraction of sp³-hybridized carbons (Fsp3) is 0.214. The third kappa shape index (κ3) is 4.33. The van der Waals surface area contributed by atoms with E-state index in [2.05, 4.69) is 20.6 Å². The first-order valence-corrected chi connectivity index (χ1v) is 7.59. The van der Waals surface area contributed by atoms with Crippen molar-refractivity contribution in [1.29, 1.82) is 0 Å². The lowest BCUT2D eigenvalue weighted by molar-refractivity contribution is -0.139. The summed E-state index contributed by atoms with van der Waals surface area (Å²) in [5.41, 5.74) is 0.418. The van der Waals surface area contributed by atoms with Gasteiger partial charge in [0.25, 0.3) is 11.8 Å². The molecule has 0 bridgehead atoms. The number of aromatic nitrogens is 2. The maximum Gasteiger partial charge on any atom is 0.326 e. The summed E-state index contributed by atoms with van der Waals surface area (Å²) in [5.74, 6) is -2.10. The molecule has 0 aliphatic rings. The molecule has 0 fully saturated rings. The molecule has 2 aromatic heterocycles. The fourth-order valence-corrected chi connectivity index (χ4v) is 2.36. The number of thiazole rings is 1. The maximum atomic E-state index is 11.9. The van der Waals surface area contributed by atoms with Gasteiger partial charge in [-0.3, -0.25) is 19.9 Å². The molecular weight excluding hydrogens is 320 g/mol. The highest BCUT2D eigenvalue weighted by molar-refractivity contribution is 7.14. The summed E-state index contributed by atoms with van der Waals surface area (Å²) in [6, 6.07) is 2.26. The van der Waals surface area contributed by atoms with Crippen LogP contribution in [-0.2, 0) is 4.79 Å². The molecule has 0 spiro atoms. The Morgan fingerprint density at radius 2 is 2.13 bits per heavy atom. The summed E-state index contributed by atoms with van der Waals surface area (Å²) in [6.07, 6.45) is 3.22. The highest BCUT2D eigenvalue weighted by Crippen LogP contribution is 2.16. The summed E-state index contributed by atoms with van der Waals surface area (Å²) < 4.78 is 0. The molecule has 2 amide bonds. The van der Waals surface area contributed by atoms with Crippen molar-refractivity contribution < 1.29 is 19.5 Å². The summed E-state index contributed by atoms with van der Waals surface area (Å²) in [4.78, 5) is 42.6. The zero-order valence-corrected chi connectivity index (χ0v) is 13.0. The Labute approximate surface area is 135 Å². The van der Waals surface area contributed by atoms with Gasteiger partial charge in [0.1, 0.15) is 11.7 Å². The van der Waals surface area contributed by atoms with E-state index in [1.165, 1.54) is 11.6 Å². The van der Waals surface area contributed by atoms with Crippen LogP contribution in [0.1, 0.15) is 34.2 Å². The molecule has 2 rings (SSSR count). The molecule has 2 heterocycles. The molecule has 0 radical (unpaired) electrons. The number of carboxylic acid groups (broad SMARTS) is 1. The Morgan fingerprint density at radius 1 is 1.35 bits per heavy atom. The van der Waals surface area contributed by atoms with Crippen molar-refractivity contribution in [3.63, 3.8) is 0 Å². The standard InChI is InChI=1S/C14H14N4O4S/c1-2-9(13(21)22)16-12(20)10-7-23-14(17-10)18-11(19)8-4-3-5-15-6-8/h3-7,9H,2H2,1H3,(H,16,20)(H,21,22)(H,17,18,19). The molecule has 0 aromatic carbocycles. The summed E-state index contributed by atoms with van der Waals surface area (Å²) in [5, 5.41) is 15.5. The Bertz CT molecular complexity index is 717. The Morgan fingerprint density at radius 3 is 2.74 bits per heavy atom. The average molecular weight is 334 g/mol. The van der Waals surface area contributed by atoms with Crippen molar-refractivity contribution in [2.75, 3.05) is 5.32 Å². The van der Waals surface area contributed by atoms with Gasteiger partial charge >= 0.3 is 5.97 Å². The van der Waals surface area contributed by atoms with Crippen molar-refractivity contribution >= 4 is 34.3 Å². The lowest BCUT2D eigenvalue weighted by atomic mass is 10.2. The van der Waals surface area contributed by atoms with E-state index < -0.39 is 23.8 Å². The van der Waals surface area contributed by atoms with Gasteiger partial charge in [-0.2, -0.15) is 0 Å². The van der Waals surface area contributed by atoms with E-state index in [0.717, 1.165) is 11.3 Å². The first-order chi connectivity index (χ1) is 11.0. The first-order valence-electron chi connectivity index (χ1n) is 6.71. The molecule has 0 aliphatic carbocycles. The molecule has 0 aliphatic heterocycles. The topological polar surface area (TPSA) is 121 Å². The van der Waals surface area contributed by atoms with E-state index in [4.69, 9.17) is 5.11 Å². The minimum atomic E-state index is -1.11. The number of carboxylic acids is 1. The zero-order valence-electron chi connectivity index (χ0n) is 12.1. The second-order valence-corrected chi connectivity index (χ2v) is 5.36. The second-order valence-electron chi connectivity index (χ2n) is 4.51. The summed E-state index contributed by atoms with van der Waals surface area (Å²) in [6.45, 7) is 1.65. The average Bonchev–Trinajstić information content (AvgIpc) is 3.01. The van der Waals surface area contributed by atoms with Gasteiger partial charge in [-0.15, -0.1) is 11.3 Å². The SMILES string of the molecule is CCC(NC(=O)c1csc(NC(=O)c2cccnc2)n1)C(=O)O. The number of aliphatic carboxylic acids is 1. The number of carbonyl (C=O) groups excluding carboxylic acids is 2. The van der Waals surface area contributed by atoms with Crippen LogP contribution in [-0.4, -0.2) is 38.9 Å². The fourth-order valence-electron chi connectivity index (χ4n) is 1.67. The van der Waals surface area contributed by atoms with Crippen LogP contribution in [0.2, 0.25) is 0 Å². The largest absolute Gasteiger partial charge is 0.480 e. The highest BCUT2D eigenvalue weighted by atomic mass is 32.1. The number of rotatable bonds is 6. The molecule has 9 heteroatoms. The monoisotopic (exact) mass is 334 g/mol. The first kappa shape index (κ1) is 16.6. The summed E-state index contributed by atoms with van der Waals surface area (Å²) >= 11 is 1.07. The van der Waals surface area contributed by atoms with E-state index in [0.29, 0.717) is 5.56 Å². The predicted molar refractivity (Wildman–Crippen MR) is 83.5 cm³/mol. The van der Waals surface area contributed by atoms with Crippen molar-refractivity contribution in [3.8, 4) is 0 Å². The number of anilines is 1. The van der Waals surface area contributed by atoms with Crippen LogP contribution >= 0.6 is 11.3 Å². The van der Waals surface area contributed by atoms with Gasteiger partial charge in [0.05, 0.1) is 5.56 Å². The van der Waals surface area contributed by atoms with Crippen LogP contribution in [0.5, 0.6) is 0 Å². The van der Waals surface area contributed by atoms with E-state index in [1.54, 1.807) is 25.3 Å². The molecule has 120 valence electrons. The van der Waals surface area contributed by atoms with Gasteiger partial charge in [0.2, 0.25) is 0 Å². The lowest BCUT2D eigenvalue weighted by Gasteiger charge is -2.10. The van der Waals surface area contributed by atoms with E-state index in [9.17, 15) is 14.4 Å². The summed E-state index contributed by atoms with van der Waals surface area (Å²) in [7, 11) is 0. The highest BCUT2D eigenvalue weighted by Gasteiger charge is 2.20. The molecule has 23 heavy (non-hydrogen) atoms. The zero-order chi connectivity index (χ0) is 16.8. The van der Waals surface area contributed by atoms with E-state index >= 15 is 0 Å². The van der Waals surface area contributed by atoms with Gasteiger partial charge in [-0.1, -0.05) is 6.92 Å². The molecular formula is C14H14N4O4S. The van der Waals surface area contributed by atoms with Crippen LogP contribution in [0.3, 0.4) is 0 Å². The van der Waals surface area contributed by atoms with Gasteiger partial charge in [-0.25, -0.2) is 9.78 Å². The second kappa shape index (κ2) is 7.45. The minimum Gasteiger partial charge on any atom is -0.480 e. The van der Waals surface area contributed by atoms with Crippen molar-refractivity contribution in [3.05, 3.63) is 41.2 Å². The van der Waals surface area contributed by atoms with Crippen LogP contribution in [0, 0.1) is 0 Å².